The van der Waals surface area contributed by atoms with Gasteiger partial charge in [0, 0.05) is 63.2 Å². The number of unbranched alkanes of at least 4 members (excludes halogenated alkanes) is 2. The van der Waals surface area contributed by atoms with Crippen LogP contribution in [0.4, 0.5) is 0 Å². The van der Waals surface area contributed by atoms with E-state index in [-0.39, 0.29) is 62.1 Å². The van der Waals surface area contributed by atoms with Crippen molar-refractivity contribution in [1.29, 1.82) is 0 Å². The number of allylic oxidation sites excluding steroid dienone is 1. The van der Waals surface area contributed by atoms with Gasteiger partial charge in [-0.1, -0.05) is 36.2 Å². The lowest BCUT2D eigenvalue weighted by Gasteiger charge is -2.60. The van der Waals surface area contributed by atoms with Gasteiger partial charge in [0.1, 0.15) is 29.7 Å². The lowest BCUT2D eigenvalue weighted by Crippen LogP contribution is -2.70. The van der Waals surface area contributed by atoms with E-state index in [0.717, 1.165) is 86.3 Å². The van der Waals surface area contributed by atoms with Gasteiger partial charge in [-0.05, 0) is 113 Å². The first-order chi connectivity index (χ1) is 28.6. The Morgan fingerprint density at radius 1 is 1.02 bits per heavy atom. The molecule has 12 heteroatoms. The maximum Gasteiger partial charge on any atom is 0.239 e. The highest BCUT2D eigenvalue weighted by molar-refractivity contribution is 6.03. The van der Waals surface area contributed by atoms with Gasteiger partial charge in [0.15, 0.2) is 11.5 Å². The highest BCUT2D eigenvalue weighted by atomic mass is 16.7. The van der Waals surface area contributed by atoms with E-state index in [1.165, 1.54) is 0 Å². The molecule has 2 N–H and O–H groups in total. The summed E-state index contributed by atoms with van der Waals surface area (Å²) in [6, 6.07) is 11.5. The third-order valence-electron chi connectivity index (χ3n) is 12.7. The summed E-state index contributed by atoms with van der Waals surface area (Å²) in [5.41, 5.74) is 3.21. The van der Waals surface area contributed by atoms with E-state index in [9.17, 15) is 15.0 Å². The molecule has 12 nitrogen and oxygen atoms in total. The second-order valence-corrected chi connectivity index (χ2v) is 18.1. The highest BCUT2D eigenvalue weighted by Gasteiger charge is 2.66. The lowest BCUT2D eigenvalue weighted by atomic mass is 9.55. The van der Waals surface area contributed by atoms with Crippen molar-refractivity contribution in [2.45, 2.75) is 108 Å². The number of rotatable bonds is 20. The third kappa shape index (κ3) is 9.16. The number of hydrogen-bond donors (Lipinski definition) is 2. The van der Waals surface area contributed by atoms with Crippen molar-refractivity contribution in [2.24, 2.45) is 28.8 Å². The van der Waals surface area contributed by atoms with Gasteiger partial charge in [-0.2, -0.15) is 0 Å². The summed E-state index contributed by atoms with van der Waals surface area (Å²) < 4.78 is 32.5. The van der Waals surface area contributed by atoms with E-state index >= 15 is 0 Å². The van der Waals surface area contributed by atoms with Crippen LogP contribution in [0.3, 0.4) is 0 Å². The number of carbonyl (C=O) groups excluding carboxylic acids is 1. The Morgan fingerprint density at radius 2 is 1.78 bits per heavy atom. The van der Waals surface area contributed by atoms with Crippen molar-refractivity contribution in [3.05, 3.63) is 71.8 Å². The van der Waals surface area contributed by atoms with E-state index in [4.69, 9.17) is 33.7 Å². The second kappa shape index (κ2) is 17.9. The van der Waals surface area contributed by atoms with Crippen LogP contribution in [0.1, 0.15) is 95.6 Å². The summed E-state index contributed by atoms with van der Waals surface area (Å²) in [4.78, 5) is 25.5. The summed E-state index contributed by atoms with van der Waals surface area (Å²) >= 11 is 0. The van der Waals surface area contributed by atoms with Gasteiger partial charge < -0.3 is 43.6 Å². The largest absolute Gasteiger partial charge is 0.492 e. The zero-order valence-corrected chi connectivity index (χ0v) is 35.1. The van der Waals surface area contributed by atoms with Crippen molar-refractivity contribution >= 4 is 11.6 Å². The molecule has 0 radical (unpaired) electrons. The molecule has 0 aromatic heterocycles. The number of hydrogen-bond acceptors (Lipinski definition) is 11. The van der Waals surface area contributed by atoms with E-state index in [0.29, 0.717) is 49.7 Å². The van der Waals surface area contributed by atoms with E-state index in [1.807, 2.05) is 56.0 Å². The van der Waals surface area contributed by atoms with Crippen LogP contribution in [-0.2, 0) is 20.9 Å². The van der Waals surface area contributed by atoms with Crippen LogP contribution in [-0.4, -0.2) is 102 Å². The number of nitrogens with zero attached hydrogens (tertiary/aromatic N) is 3. The number of aliphatic hydroxyl groups is 2. The number of aliphatic hydroxyl groups excluding tert-OH is 2. The maximum atomic E-state index is 14.9. The average molecular weight is 814 g/mol. The van der Waals surface area contributed by atoms with Crippen LogP contribution in [0.5, 0.6) is 23.0 Å². The minimum Gasteiger partial charge on any atom is -0.492 e. The van der Waals surface area contributed by atoms with Crippen molar-refractivity contribution < 1.29 is 43.5 Å². The smallest absolute Gasteiger partial charge is 0.239 e. The molecular formula is C47H63N3O9. The predicted octanol–water partition coefficient (Wildman–Crippen LogP) is 6.98. The quantitative estimate of drug-likeness (QED) is 0.0625. The van der Waals surface area contributed by atoms with Crippen LogP contribution in [0.25, 0.3) is 0 Å². The molecule has 3 aliphatic heterocycles. The van der Waals surface area contributed by atoms with Gasteiger partial charge in [-0.25, -0.2) is 0 Å². The second-order valence-electron chi connectivity index (χ2n) is 18.1. The van der Waals surface area contributed by atoms with Crippen LogP contribution < -0.4 is 18.9 Å². The Balaban J connectivity index is 1.31. The average Bonchev–Trinajstić information content (AvgIpc) is 4.17. The number of amides is 1. The van der Waals surface area contributed by atoms with Crippen LogP contribution in [0, 0.1) is 23.7 Å². The van der Waals surface area contributed by atoms with Crippen molar-refractivity contribution in [3.63, 3.8) is 0 Å². The number of carbonyl (C=O) groups is 1. The van der Waals surface area contributed by atoms with Crippen molar-refractivity contribution in [3.8, 4) is 23.0 Å². The summed E-state index contributed by atoms with van der Waals surface area (Å²) in [5, 5.41) is 24.9. The fraction of sp³-hybridized carbons (Fsp3) is 0.617. The van der Waals surface area contributed by atoms with E-state index in [2.05, 4.69) is 23.6 Å². The fourth-order valence-electron chi connectivity index (χ4n) is 9.66. The number of fused-ring (bicyclic) bond motifs is 3. The first-order valence-electron chi connectivity index (χ1n) is 21.9. The Hall–Kier alpha value is -4.10. The van der Waals surface area contributed by atoms with Gasteiger partial charge in [0.05, 0.1) is 18.2 Å². The summed E-state index contributed by atoms with van der Waals surface area (Å²) in [6.07, 6.45) is 11.0. The van der Waals surface area contributed by atoms with Crippen LogP contribution in [0.15, 0.2) is 65.9 Å². The van der Waals surface area contributed by atoms with E-state index in [1.54, 1.807) is 6.08 Å². The molecule has 2 aromatic carbocycles. The molecule has 6 atom stereocenters. The molecule has 0 bridgehead atoms. The summed E-state index contributed by atoms with van der Waals surface area (Å²) in [7, 11) is 0. The predicted molar refractivity (Wildman–Crippen MR) is 224 cm³/mol. The molecule has 59 heavy (non-hydrogen) atoms. The molecular weight excluding hydrogens is 751 g/mol. The molecule has 0 spiro atoms. The lowest BCUT2D eigenvalue weighted by molar-refractivity contribution is -0.258. The highest BCUT2D eigenvalue weighted by Crippen LogP contribution is 2.62. The molecule has 2 saturated carbocycles. The third-order valence-corrected chi connectivity index (χ3v) is 12.7. The van der Waals surface area contributed by atoms with Gasteiger partial charge in [0.2, 0.25) is 18.5 Å². The Labute approximate surface area is 349 Å². The van der Waals surface area contributed by atoms with Gasteiger partial charge in [-0.3, -0.25) is 9.69 Å². The molecule has 0 unspecified atom stereocenters. The first-order valence-corrected chi connectivity index (χ1v) is 21.9. The SMILES string of the molecule is C=CCO[C@@]12Oc3ccc(OCCN4CC4)cc3[C@H]3[C@H](CCCCO)[C@@H](CCCCO)C=C(C(=NOC(C)(C)C)C[C@@H]1N(Cc1ccc4c(c1)OCO4)C(=O)C1CC1)[C@H]32. The van der Waals surface area contributed by atoms with Crippen molar-refractivity contribution in [1.82, 2.24) is 9.80 Å². The Kier molecular flexibility index (Phi) is 12.6. The van der Waals surface area contributed by atoms with Crippen molar-refractivity contribution in [2.75, 3.05) is 52.9 Å². The normalized spacial score (nSPS) is 27.3. The summed E-state index contributed by atoms with van der Waals surface area (Å²) in [6.45, 7) is 14.7. The van der Waals surface area contributed by atoms with Gasteiger partial charge in [0.25, 0.3) is 0 Å². The number of ether oxygens (including phenoxy) is 5. The fourth-order valence-corrected chi connectivity index (χ4v) is 9.66. The molecule has 8 rings (SSSR count). The minimum absolute atomic E-state index is 0.0658. The monoisotopic (exact) mass is 813 g/mol. The zero-order chi connectivity index (χ0) is 41.1. The molecule has 1 saturated heterocycles. The minimum atomic E-state index is -1.33. The molecule has 6 aliphatic rings. The van der Waals surface area contributed by atoms with Crippen LogP contribution in [0.2, 0.25) is 0 Å². The zero-order valence-electron chi connectivity index (χ0n) is 35.1. The standard InChI is InChI=1S/C47H63N3O9/c1-5-23-57-47-42(50(45(53)32-13-14-32)29-31-12-16-40-41(25-31)56-30-55-40)28-38(48-59-46(2,3)4)36-26-33(10-6-8-21-51)35(11-7-9-22-52)43(44(36)47)37-27-34(15-17-39(37)58-47)54-24-20-49-18-19-49/h5,12,15-17,25-27,32-33,35,42-44,51-52H,1,6-11,13-14,18-24,28-30H2,2-4H3/t33-,35+,42-,43+,44+,47+/m0/s1. The van der Waals surface area contributed by atoms with Crippen LogP contribution >= 0.6 is 0 Å². The number of benzene rings is 2. The molecule has 2 aromatic rings. The Bertz CT molecular complexity index is 1880. The van der Waals surface area contributed by atoms with E-state index < -0.39 is 17.4 Å². The van der Waals surface area contributed by atoms with Gasteiger partial charge >= 0.3 is 0 Å². The molecule has 320 valence electrons. The first kappa shape index (κ1) is 41.6. The molecule has 3 aliphatic carbocycles. The Morgan fingerprint density at radius 3 is 2.51 bits per heavy atom. The topological polar surface area (TPSA) is 132 Å². The molecule has 3 fully saturated rings. The summed E-state index contributed by atoms with van der Waals surface area (Å²) in [5.74, 6) is 1.27. The number of oxime groups is 1. The van der Waals surface area contributed by atoms with Gasteiger partial charge in [-0.15, -0.1) is 6.58 Å². The maximum absolute atomic E-state index is 14.9. The molecule has 1 amide bonds. The molecule has 3 heterocycles.